The summed E-state index contributed by atoms with van der Waals surface area (Å²) in [6.45, 7) is 0. The summed E-state index contributed by atoms with van der Waals surface area (Å²) in [6, 6.07) is 8.23. The number of fused-ring (bicyclic) bond motifs is 1. The van der Waals surface area contributed by atoms with Gasteiger partial charge >= 0.3 is 0 Å². The van der Waals surface area contributed by atoms with Crippen LogP contribution in [0.2, 0.25) is 0 Å². The minimum absolute atomic E-state index is 0.00725. The molecular formula is C15H12O6. The largest absolute Gasteiger partial charge is 0.508 e. The Morgan fingerprint density at radius 1 is 0.952 bits per heavy atom. The molecule has 6 nitrogen and oxygen atoms in total. The monoisotopic (exact) mass is 288 g/mol. The minimum atomic E-state index is -1.44. The Hall–Kier alpha value is -2.73. The highest BCUT2D eigenvalue weighted by atomic mass is 16.5. The summed E-state index contributed by atoms with van der Waals surface area (Å²) in [5.41, 5.74) is 0.467. The molecule has 0 fully saturated rings. The molecular weight excluding hydrogens is 276 g/mol. The van der Waals surface area contributed by atoms with Crippen LogP contribution in [0.3, 0.4) is 0 Å². The van der Waals surface area contributed by atoms with Gasteiger partial charge in [0, 0.05) is 0 Å². The number of ketones is 1. The highest BCUT2D eigenvalue weighted by Gasteiger charge is 2.38. The van der Waals surface area contributed by atoms with Crippen LogP contribution in [0.25, 0.3) is 0 Å². The Labute approximate surface area is 119 Å². The van der Waals surface area contributed by atoms with Crippen molar-refractivity contribution in [1.29, 1.82) is 0 Å². The Bertz CT molecular complexity index is 707. The quantitative estimate of drug-likeness (QED) is 0.592. The Balaban J connectivity index is 2.08. The zero-order valence-electron chi connectivity index (χ0n) is 10.7. The molecule has 1 heterocycles. The number of phenolic OH excluding ortho intramolecular Hbond substituents is 3. The molecule has 0 amide bonds. The lowest BCUT2D eigenvalue weighted by molar-refractivity contribution is 0.0203. The summed E-state index contributed by atoms with van der Waals surface area (Å²) in [4.78, 5) is 12.2. The lowest BCUT2D eigenvalue weighted by atomic mass is 9.93. The number of carbonyl (C=O) groups excluding carboxylic acids is 1. The van der Waals surface area contributed by atoms with E-state index < -0.39 is 29.5 Å². The summed E-state index contributed by atoms with van der Waals surface area (Å²) in [5.74, 6) is -1.69. The van der Waals surface area contributed by atoms with Gasteiger partial charge < -0.3 is 25.2 Å². The molecule has 108 valence electrons. The van der Waals surface area contributed by atoms with Gasteiger partial charge in [0.1, 0.15) is 5.75 Å². The minimum Gasteiger partial charge on any atom is -0.508 e. The van der Waals surface area contributed by atoms with Crippen LogP contribution >= 0.6 is 0 Å². The van der Waals surface area contributed by atoms with Crippen molar-refractivity contribution in [3.8, 4) is 23.0 Å². The molecule has 0 aromatic heterocycles. The Morgan fingerprint density at radius 2 is 1.62 bits per heavy atom. The third-order valence-electron chi connectivity index (χ3n) is 3.40. The number of carbonyl (C=O) groups is 1. The van der Waals surface area contributed by atoms with E-state index in [1.54, 1.807) is 0 Å². The number of aromatic hydroxyl groups is 3. The third-order valence-corrected chi connectivity index (χ3v) is 3.40. The van der Waals surface area contributed by atoms with E-state index in [-0.39, 0.29) is 17.1 Å². The number of phenols is 3. The van der Waals surface area contributed by atoms with Crippen molar-refractivity contribution in [3.63, 3.8) is 0 Å². The van der Waals surface area contributed by atoms with Crippen LogP contribution in [0, 0.1) is 0 Å². The van der Waals surface area contributed by atoms with Crippen molar-refractivity contribution in [2.75, 3.05) is 0 Å². The van der Waals surface area contributed by atoms with Crippen molar-refractivity contribution in [3.05, 3.63) is 47.5 Å². The van der Waals surface area contributed by atoms with Gasteiger partial charge in [-0.05, 0) is 29.8 Å². The van der Waals surface area contributed by atoms with E-state index in [1.165, 1.54) is 30.3 Å². The van der Waals surface area contributed by atoms with E-state index in [2.05, 4.69) is 0 Å². The molecule has 6 heteroatoms. The summed E-state index contributed by atoms with van der Waals surface area (Å²) < 4.78 is 5.49. The second-order valence-electron chi connectivity index (χ2n) is 4.75. The molecule has 0 saturated heterocycles. The first-order valence-electron chi connectivity index (χ1n) is 6.22. The number of Topliss-reactive ketones (excluding diaryl/α,β-unsaturated/α-hetero) is 1. The van der Waals surface area contributed by atoms with Crippen LogP contribution < -0.4 is 4.74 Å². The highest BCUT2D eigenvalue weighted by molar-refractivity contribution is 6.04. The molecule has 0 radical (unpaired) electrons. The van der Waals surface area contributed by atoms with Crippen molar-refractivity contribution in [1.82, 2.24) is 0 Å². The van der Waals surface area contributed by atoms with Gasteiger partial charge in [-0.25, -0.2) is 0 Å². The first-order valence-corrected chi connectivity index (χ1v) is 6.22. The summed E-state index contributed by atoms with van der Waals surface area (Å²) >= 11 is 0. The molecule has 0 aliphatic carbocycles. The lowest BCUT2D eigenvalue weighted by Crippen LogP contribution is -2.36. The molecule has 2 aromatic rings. The molecule has 4 N–H and O–H groups in total. The number of aliphatic hydroxyl groups is 1. The van der Waals surface area contributed by atoms with Gasteiger partial charge in [0.05, 0.1) is 5.56 Å². The maximum Gasteiger partial charge on any atom is 0.201 e. The molecule has 21 heavy (non-hydrogen) atoms. The fourth-order valence-corrected chi connectivity index (χ4v) is 2.28. The standard InChI is InChI=1S/C15H12O6/c16-8-3-1-7(2-4-8)14-13(20)11(18)9-5-6-10(17)12(19)15(9)21-14/h1-6,13-14,16-17,19-20H/t13-,14-/m1/s1. The maximum absolute atomic E-state index is 12.2. The number of hydrogen-bond acceptors (Lipinski definition) is 6. The van der Waals surface area contributed by atoms with Crippen molar-refractivity contribution in [2.24, 2.45) is 0 Å². The second kappa shape index (κ2) is 4.68. The summed E-state index contributed by atoms with van der Waals surface area (Å²) in [7, 11) is 0. The number of aliphatic hydroxyl groups excluding tert-OH is 1. The molecule has 1 aliphatic rings. The van der Waals surface area contributed by atoms with Gasteiger partial charge in [-0.1, -0.05) is 12.1 Å². The summed E-state index contributed by atoms with van der Waals surface area (Å²) in [6.07, 6.45) is -2.47. The van der Waals surface area contributed by atoms with E-state index in [1.807, 2.05) is 0 Å². The van der Waals surface area contributed by atoms with Crippen LogP contribution in [0.5, 0.6) is 23.0 Å². The van der Waals surface area contributed by atoms with Crippen LogP contribution in [-0.2, 0) is 0 Å². The van der Waals surface area contributed by atoms with E-state index in [0.29, 0.717) is 5.56 Å². The number of rotatable bonds is 1. The highest BCUT2D eigenvalue weighted by Crippen LogP contribution is 2.45. The fraction of sp³-hybridized carbons (Fsp3) is 0.133. The van der Waals surface area contributed by atoms with Crippen molar-refractivity contribution < 1.29 is 30.0 Å². The zero-order chi connectivity index (χ0) is 15.1. The molecule has 2 aromatic carbocycles. The van der Waals surface area contributed by atoms with Gasteiger partial charge in [-0.2, -0.15) is 0 Å². The molecule has 1 aliphatic heterocycles. The molecule has 0 unspecified atom stereocenters. The first kappa shape index (κ1) is 13.3. The molecule has 0 spiro atoms. The van der Waals surface area contributed by atoms with Crippen LogP contribution in [0.4, 0.5) is 0 Å². The number of benzene rings is 2. The normalized spacial score (nSPS) is 20.7. The average molecular weight is 288 g/mol. The number of ether oxygens (including phenoxy) is 1. The Morgan fingerprint density at radius 3 is 2.29 bits per heavy atom. The topological polar surface area (TPSA) is 107 Å². The number of hydrogen-bond donors (Lipinski definition) is 4. The van der Waals surface area contributed by atoms with Crippen LogP contribution in [0.1, 0.15) is 22.0 Å². The first-order chi connectivity index (χ1) is 9.99. The predicted molar refractivity (Wildman–Crippen MR) is 71.6 cm³/mol. The third kappa shape index (κ3) is 2.05. The summed E-state index contributed by atoms with van der Waals surface area (Å²) in [5, 5.41) is 38.6. The van der Waals surface area contributed by atoms with Gasteiger partial charge in [0.15, 0.2) is 29.5 Å². The molecule has 3 rings (SSSR count). The van der Waals surface area contributed by atoms with Crippen LogP contribution in [-0.4, -0.2) is 32.3 Å². The molecule has 2 atom stereocenters. The van der Waals surface area contributed by atoms with E-state index >= 15 is 0 Å². The van der Waals surface area contributed by atoms with Gasteiger partial charge in [0.25, 0.3) is 0 Å². The Kier molecular flexibility index (Phi) is 2.95. The van der Waals surface area contributed by atoms with E-state index in [4.69, 9.17) is 4.74 Å². The zero-order valence-corrected chi connectivity index (χ0v) is 10.7. The van der Waals surface area contributed by atoms with Crippen LogP contribution in [0.15, 0.2) is 36.4 Å². The van der Waals surface area contributed by atoms with Crippen molar-refractivity contribution >= 4 is 5.78 Å². The predicted octanol–water partition coefficient (Wildman–Crippen LogP) is 1.48. The van der Waals surface area contributed by atoms with E-state index in [9.17, 15) is 25.2 Å². The lowest BCUT2D eigenvalue weighted by Gasteiger charge is -2.30. The molecule has 0 bridgehead atoms. The average Bonchev–Trinajstić information content (AvgIpc) is 2.48. The fourth-order valence-electron chi connectivity index (χ4n) is 2.28. The maximum atomic E-state index is 12.2. The SMILES string of the molecule is O=C1c2ccc(O)c(O)c2O[C@H](c2ccc(O)cc2)[C@@H]1O. The second-order valence-corrected chi connectivity index (χ2v) is 4.75. The van der Waals surface area contributed by atoms with Crippen molar-refractivity contribution in [2.45, 2.75) is 12.2 Å². The molecule has 0 saturated carbocycles. The van der Waals surface area contributed by atoms with Gasteiger partial charge in [0.2, 0.25) is 5.75 Å². The van der Waals surface area contributed by atoms with Gasteiger partial charge in [-0.3, -0.25) is 4.79 Å². The smallest absolute Gasteiger partial charge is 0.201 e. The van der Waals surface area contributed by atoms with E-state index in [0.717, 1.165) is 6.07 Å². The van der Waals surface area contributed by atoms with Gasteiger partial charge in [-0.15, -0.1) is 0 Å².